The Balaban J connectivity index is 1.37. The predicted molar refractivity (Wildman–Crippen MR) is 123 cm³/mol. The van der Waals surface area contributed by atoms with Crippen molar-refractivity contribution >= 4 is 5.57 Å². The quantitative estimate of drug-likeness (QED) is 0.266. The van der Waals surface area contributed by atoms with Gasteiger partial charge in [-0.25, -0.2) is 22.0 Å². The maximum atomic E-state index is 14.8. The monoisotopic (exact) mass is 512 g/mol. The van der Waals surface area contributed by atoms with Gasteiger partial charge in [0.05, 0.1) is 6.42 Å². The number of rotatable bonds is 7. The predicted octanol–water partition coefficient (Wildman–Crippen LogP) is 9.05. The van der Waals surface area contributed by atoms with Crippen LogP contribution in [0.1, 0.15) is 62.5 Å². The molecule has 1 nitrogen and oxygen atoms in total. The average molecular weight is 513 g/mol. The topological polar surface area (TPSA) is 9.23 Å². The molecule has 4 rings (SSSR count). The summed E-state index contributed by atoms with van der Waals surface area (Å²) in [7, 11) is 0. The molecule has 0 aromatic heterocycles. The van der Waals surface area contributed by atoms with Crippen molar-refractivity contribution in [2.75, 3.05) is 0 Å². The molecule has 0 N–H and O–H groups in total. The minimum Gasteiger partial charge on any atom is -0.432 e. The van der Waals surface area contributed by atoms with E-state index in [2.05, 4.69) is 11.7 Å². The largest absolute Gasteiger partial charge is 0.432 e. The maximum Gasteiger partial charge on any atom is 0.397 e. The van der Waals surface area contributed by atoms with Crippen LogP contribution in [-0.4, -0.2) is 12.3 Å². The van der Waals surface area contributed by atoms with Gasteiger partial charge in [0, 0.05) is 18.1 Å². The van der Waals surface area contributed by atoms with E-state index in [0.29, 0.717) is 17.1 Å². The lowest BCUT2D eigenvalue weighted by molar-refractivity contribution is -0.183. The third-order valence-corrected chi connectivity index (χ3v) is 7.07. The van der Waals surface area contributed by atoms with Gasteiger partial charge in [-0.3, -0.25) is 0 Å². The van der Waals surface area contributed by atoms with Gasteiger partial charge in [-0.15, -0.1) is 0 Å². The summed E-state index contributed by atoms with van der Waals surface area (Å²) in [5, 5.41) is 0. The first-order valence-corrected chi connectivity index (χ1v) is 12.1. The minimum atomic E-state index is -3.98. The van der Waals surface area contributed by atoms with Crippen LogP contribution < -0.4 is 4.74 Å². The molecule has 2 aromatic rings. The molecule has 2 aromatic carbocycles. The van der Waals surface area contributed by atoms with Crippen molar-refractivity contribution in [1.82, 2.24) is 0 Å². The molecule has 1 saturated carbocycles. The molecule has 0 aliphatic heterocycles. The summed E-state index contributed by atoms with van der Waals surface area (Å²) >= 11 is 0. The Labute approximate surface area is 205 Å². The van der Waals surface area contributed by atoms with Gasteiger partial charge in [0.15, 0.2) is 17.5 Å². The van der Waals surface area contributed by atoms with E-state index < -0.39 is 60.1 Å². The molecule has 36 heavy (non-hydrogen) atoms. The molecule has 2 aliphatic carbocycles. The van der Waals surface area contributed by atoms with E-state index in [4.69, 9.17) is 0 Å². The summed E-state index contributed by atoms with van der Waals surface area (Å²) in [6, 6.07) is 8.14. The van der Waals surface area contributed by atoms with Gasteiger partial charge in [-0.2, -0.15) is 8.78 Å². The van der Waals surface area contributed by atoms with E-state index in [1.807, 2.05) is 24.3 Å². The van der Waals surface area contributed by atoms with Crippen molar-refractivity contribution < 1.29 is 35.5 Å². The summed E-state index contributed by atoms with van der Waals surface area (Å²) < 4.78 is 102. The molecule has 0 amide bonds. The molecular weight excluding hydrogens is 485 g/mol. The molecule has 0 saturated heterocycles. The van der Waals surface area contributed by atoms with Gasteiger partial charge in [0.25, 0.3) is 0 Å². The molecule has 0 bridgehead atoms. The summed E-state index contributed by atoms with van der Waals surface area (Å²) in [6.45, 7) is 2.25. The van der Waals surface area contributed by atoms with Crippen LogP contribution in [0.25, 0.3) is 5.57 Å². The van der Waals surface area contributed by atoms with Crippen LogP contribution in [0.5, 0.6) is 5.75 Å². The molecule has 2 atom stereocenters. The third kappa shape index (κ3) is 6.13. The highest BCUT2D eigenvalue weighted by atomic mass is 19.3. The van der Waals surface area contributed by atoms with E-state index in [0.717, 1.165) is 24.8 Å². The van der Waals surface area contributed by atoms with E-state index in [9.17, 15) is 30.7 Å². The second-order valence-corrected chi connectivity index (χ2v) is 9.76. The van der Waals surface area contributed by atoms with Crippen LogP contribution in [0.15, 0.2) is 54.4 Å². The SMILES string of the molecule is CC1CCC(c2ccc(C3=CC(F)C(CCC(F)(F)Oc4cc(F)c(F)c(F)c4)C(F)=C3)cc2)CC1. The highest BCUT2D eigenvalue weighted by Crippen LogP contribution is 2.39. The molecule has 0 heterocycles. The average Bonchev–Trinajstić information content (AvgIpc) is 2.82. The Morgan fingerprint density at radius 3 is 2.11 bits per heavy atom. The Kier molecular flexibility index (Phi) is 7.81. The standard InChI is InChI=1S/C28H27F7O/c1-16-2-4-17(5-3-16)18-6-8-19(9-7-18)20-12-23(29)22(24(30)13-20)10-11-28(34,35)36-21-14-25(31)27(33)26(32)15-21/h6-9,12-17,22-23H,2-5,10-11H2,1H3. The van der Waals surface area contributed by atoms with Crippen LogP contribution >= 0.6 is 0 Å². The van der Waals surface area contributed by atoms with Gasteiger partial charge in [-0.05, 0) is 60.0 Å². The van der Waals surface area contributed by atoms with Crippen molar-refractivity contribution in [3.8, 4) is 5.75 Å². The van der Waals surface area contributed by atoms with Crippen LogP contribution in [-0.2, 0) is 0 Å². The van der Waals surface area contributed by atoms with Crippen LogP contribution in [0.4, 0.5) is 30.7 Å². The summed E-state index contributed by atoms with van der Waals surface area (Å²) in [4.78, 5) is 0. The number of benzene rings is 2. The number of alkyl halides is 3. The lowest BCUT2D eigenvalue weighted by atomic mass is 9.79. The van der Waals surface area contributed by atoms with Crippen LogP contribution in [0.3, 0.4) is 0 Å². The van der Waals surface area contributed by atoms with Crippen LogP contribution in [0, 0.1) is 29.3 Å². The first-order valence-electron chi connectivity index (χ1n) is 12.1. The van der Waals surface area contributed by atoms with Gasteiger partial charge in [0.2, 0.25) is 0 Å². The zero-order valence-electron chi connectivity index (χ0n) is 19.7. The van der Waals surface area contributed by atoms with Crippen molar-refractivity contribution in [3.05, 3.63) is 83.0 Å². The van der Waals surface area contributed by atoms with Crippen molar-refractivity contribution in [2.45, 2.75) is 63.6 Å². The smallest absolute Gasteiger partial charge is 0.397 e. The van der Waals surface area contributed by atoms with Gasteiger partial charge < -0.3 is 4.74 Å². The van der Waals surface area contributed by atoms with E-state index in [-0.39, 0.29) is 12.1 Å². The Morgan fingerprint density at radius 2 is 1.53 bits per heavy atom. The first-order chi connectivity index (χ1) is 17.0. The third-order valence-electron chi connectivity index (χ3n) is 7.07. The number of hydrogen-bond donors (Lipinski definition) is 0. The van der Waals surface area contributed by atoms with Gasteiger partial charge >= 0.3 is 6.11 Å². The normalized spacial score (nSPS) is 24.8. The fourth-order valence-corrected chi connectivity index (χ4v) is 4.90. The second kappa shape index (κ2) is 10.7. The molecule has 0 radical (unpaired) electrons. The highest BCUT2D eigenvalue weighted by Gasteiger charge is 2.37. The van der Waals surface area contributed by atoms with Crippen molar-refractivity contribution in [2.24, 2.45) is 11.8 Å². The fourth-order valence-electron chi connectivity index (χ4n) is 4.90. The number of ether oxygens (including phenoxy) is 1. The molecule has 0 spiro atoms. The van der Waals surface area contributed by atoms with E-state index >= 15 is 0 Å². The Morgan fingerprint density at radius 1 is 0.917 bits per heavy atom. The zero-order valence-corrected chi connectivity index (χ0v) is 19.7. The minimum absolute atomic E-state index is 0.278. The lowest BCUT2D eigenvalue weighted by Gasteiger charge is -2.27. The second-order valence-electron chi connectivity index (χ2n) is 9.76. The maximum absolute atomic E-state index is 14.8. The van der Waals surface area contributed by atoms with Gasteiger partial charge in [0.1, 0.15) is 17.7 Å². The molecule has 2 unspecified atom stereocenters. The molecular formula is C28H27F7O. The van der Waals surface area contributed by atoms with Crippen molar-refractivity contribution in [3.63, 3.8) is 0 Å². The van der Waals surface area contributed by atoms with E-state index in [1.165, 1.54) is 24.5 Å². The molecule has 2 aliphatic rings. The number of allylic oxidation sites excluding steroid dienone is 4. The Hall–Kier alpha value is -2.77. The molecule has 1 fully saturated rings. The fraction of sp³-hybridized carbons (Fsp3) is 0.429. The van der Waals surface area contributed by atoms with E-state index in [1.54, 1.807) is 0 Å². The molecule has 194 valence electrons. The molecule has 8 heteroatoms. The lowest BCUT2D eigenvalue weighted by Crippen LogP contribution is -2.28. The van der Waals surface area contributed by atoms with Crippen molar-refractivity contribution in [1.29, 1.82) is 0 Å². The number of halogens is 7. The highest BCUT2D eigenvalue weighted by molar-refractivity contribution is 5.76. The van der Waals surface area contributed by atoms with Gasteiger partial charge in [-0.1, -0.05) is 44.0 Å². The Bertz CT molecular complexity index is 1110. The number of hydrogen-bond acceptors (Lipinski definition) is 1. The summed E-state index contributed by atoms with van der Waals surface area (Å²) in [5.41, 5.74) is 2.16. The summed E-state index contributed by atoms with van der Waals surface area (Å²) in [5.74, 6) is -7.24. The van der Waals surface area contributed by atoms with Crippen LogP contribution in [0.2, 0.25) is 0 Å². The zero-order chi connectivity index (χ0) is 26.0. The summed E-state index contributed by atoms with van der Waals surface area (Å²) in [6.07, 6.45) is -0.624. The first kappa shape index (κ1) is 26.3.